The Morgan fingerprint density at radius 1 is 1.00 bits per heavy atom. The lowest BCUT2D eigenvalue weighted by Crippen LogP contribution is -2.49. The van der Waals surface area contributed by atoms with Crippen LogP contribution in [-0.4, -0.2) is 0 Å². The second-order valence-electron chi connectivity index (χ2n) is 9.38. The molecule has 0 amide bonds. The first kappa shape index (κ1) is 15.0. The summed E-state index contributed by atoms with van der Waals surface area (Å²) >= 11 is 0. The van der Waals surface area contributed by atoms with E-state index in [4.69, 9.17) is 0 Å². The molecule has 122 valence electrons. The van der Waals surface area contributed by atoms with Gasteiger partial charge in [-0.25, -0.2) is 0 Å². The van der Waals surface area contributed by atoms with Crippen molar-refractivity contribution < 1.29 is 0 Å². The molecule has 0 heteroatoms. The van der Waals surface area contributed by atoms with Crippen LogP contribution in [0.4, 0.5) is 0 Å². The predicted molar refractivity (Wildman–Crippen MR) is 94.6 cm³/mol. The van der Waals surface area contributed by atoms with Crippen LogP contribution in [0.25, 0.3) is 0 Å². The van der Waals surface area contributed by atoms with Gasteiger partial charge in [0.15, 0.2) is 0 Å². The van der Waals surface area contributed by atoms with Crippen LogP contribution in [0.1, 0.15) is 79.1 Å². The summed E-state index contributed by atoms with van der Waals surface area (Å²) in [5, 5.41) is 0. The van der Waals surface area contributed by atoms with E-state index >= 15 is 0 Å². The molecule has 4 aliphatic carbocycles. The summed E-state index contributed by atoms with van der Waals surface area (Å²) in [7, 11) is 0. The molecule has 0 nitrogen and oxygen atoms in total. The van der Waals surface area contributed by atoms with Crippen molar-refractivity contribution in [1.82, 2.24) is 0 Å². The Kier molecular flexibility index (Phi) is 3.41. The Morgan fingerprint density at radius 3 is 2.55 bits per heavy atom. The fraction of sp³-hybridized carbons (Fsp3) is 0.818. The Morgan fingerprint density at radius 2 is 1.77 bits per heavy atom. The van der Waals surface area contributed by atoms with Crippen LogP contribution in [0.2, 0.25) is 0 Å². The number of rotatable bonds is 1. The van der Waals surface area contributed by atoms with Crippen molar-refractivity contribution in [2.24, 2.45) is 34.5 Å². The molecule has 6 atom stereocenters. The molecule has 0 radical (unpaired) electrons. The summed E-state index contributed by atoms with van der Waals surface area (Å²) in [5.74, 6) is 3.80. The number of fused-ring (bicyclic) bond motifs is 5. The molecule has 0 spiro atoms. The molecule has 0 N–H and O–H groups in total. The first-order valence-electron chi connectivity index (χ1n) is 9.88. The highest BCUT2D eigenvalue weighted by atomic mass is 14.6. The van der Waals surface area contributed by atoms with Gasteiger partial charge in [-0.2, -0.15) is 0 Å². The standard InChI is InChI=1S/C22H34/c1-5-16-7-9-19-18-8-6-17-14-15(2)10-12-22(17,4)20(18)11-13-21(16,19)3/h6-7,15,18-20H,5,8-14H2,1-4H3. The highest BCUT2D eigenvalue weighted by molar-refractivity contribution is 5.29. The molecule has 0 aromatic carbocycles. The second kappa shape index (κ2) is 4.99. The third-order valence-electron chi connectivity index (χ3n) is 8.47. The Hall–Kier alpha value is -0.520. The van der Waals surface area contributed by atoms with Crippen molar-refractivity contribution in [3.05, 3.63) is 23.3 Å². The lowest BCUT2D eigenvalue weighted by Gasteiger charge is -2.58. The van der Waals surface area contributed by atoms with Crippen LogP contribution in [-0.2, 0) is 0 Å². The summed E-state index contributed by atoms with van der Waals surface area (Å²) in [4.78, 5) is 0. The molecule has 0 saturated heterocycles. The monoisotopic (exact) mass is 298 g/mol. The van der Waals surface area contributed by atoms with E-state index in [2.05, 4.69) is 39.8 Å². The van der Waals surface area contributed by atoms with Crippen LogP contribution >= 0.6 is 0 Å². The normalized spacial score (nSPS) is 50.5. The van der Waals surface area contributed by atoms with Gasteiger partial charge in [-0.15, -0.1) is 0 Å². The van der Waals surface area contributed by atoms with Crippen molar-refractivity contribution in [2.75, 3.05) is 0 Å². The zero-order valence-electron chi connectivity index (χ0n) is 15.1. The van der Waals surface area contributed by atoms with E-state index in [-0.39, 0.29) is 0 Å². The van der Waals surface area contributed by atoms with Crippen LogP contribution in [0.3, 0.4) is 0 Å². The van der Waals surface area contributed by atoms with Gasteiger partial charge in [0.05, 0.1) is 0 Å². The quantitative estimate of drug-likeness (QED) is 0.483. The Balaban J connectivity index is 1.66. The minimum Gasteiger partial charge on any atom is -0.0845 e. The Labute approximate surface area is 137 Å². The number of hydrogen-bond donors (Lipinski definition) is 0. The predicted octanol–water partition coefficient (Wildman–Crippen LogP) is 6.53. The maximum Gasteiger partial charge on any atom is -0.00823 e. The van der Waals surface area contributed by atoms with Crippen molar-refractivity contribution in [2.45, 2.75) is 79.1 Å². The molecule has 0 aliphatic heterocycles. The smallest absolute Gasteiger partial charge is 0.00823 e. The minimum atomic E-state index is 0.541. The van der Waals surface area contributed by atoms with Gasteiger partial charge < -0.3 is 0 Å². The largest absolute Gasteiger partial charge is 0.0845 e. The first-order chi connectivity index (χ1) is 10.5. The second-order valence-corrected chi connectivity index (χ2v) is 9.38. The third kappa shape index (κ3) is 1.88. The van der Waals surface area contributed by atoms with E-state index in [0.29, 0.717) is 10.8 Å². The summed E-state index contributed by atoms with van der Waals surface area (Å²) in [6, 6.07) is 0. The van der Waals surface area contributed by atoms with Gasteiger partial charge in [0.1, 0.15) is 0 Å². The van der Waals surface area contributed by atoms with Crippen molar-refractivity contribution >= 4 is 0 Å². The average Bonchev–Trinajstić information content (AvgIpc) is 2.84. The van der Waals surface area contributed by atoms with E-state index in [1.807, 2.05) is 5.57 Å². The summed E-state index contributed by atoms with van der Waals surface area (Å²) in [6.45, 7) is 10.1. The highest BCUT2D eigenvalue weighted by Crippen LogP contribution is 2.65. The van der Waals surface area contributed by atoms with E-state index < -0.39 is 0 Å². The van der Waals surface area contributed by atoms with E-state index in [0.717, 1.165) is 23.7 Å². The molecule has 2 fully saturated rings. The first-order valence-corrected chi connectivity index (χ1v) is 9.88. The molecular formula is C22H34. The van der Waals surface area contributed by atoms with Gasteiger partial charge in [0, 0.05) is 0 Å². The van der Waals surface area contributed by atoms with E-state index in [1.165, 1.54) is 51.4 Å². The topological polar surface area (TPSA) is 0 Å². The number of hydrogen-bond acceptors (Lipinski definition) is 0. The fourth-order valence-electron chi connectivity index (χ4n) is 7.05. The van der Waals surface area contributed by atoms with Crippen LogP contribution in [0.5, 0.6) is 0 Å². The molecular weight excluding hydrogens is 264 g/mol. The SMILES string of the molecule is CCC1=CCC2C3CC=C4CC(C)CCC4(C)C3CCC12C. The average molecular weight is 299 g/mol. The lowest BCUT2D eigenvalue weighted by molar-refractivity contribution is -0.0210. The van der Waals surface area contributed by atoms with Crippen molar-refractivity contribution in [3.8, 4) is 0 Å². The van der Waals surface area contributed by atoms with E-state index in [9.17, 15) is 0 Å². The molecule has 0 aromatic heterocycles. The van der Waals surface area contributed by atoms with Gasteiger partial charge in [0.2, 0.25) is 0 Å². The Bertz CT molecular complexity index is 524. The third-order valence-corrected chi connectivity index (χ3v) is 8.47. The van der Waals surface area contributed by atoms with Gasteiger partial charge >= 0.3 is 0 Å². The molecule has 6 unspecified atom stereocenters. The molecule has 0 heterocycles. The van der Waals surface area contributed by atoms with Crippen LogP contribution in [0, 0.1) is 34.5 Å². The molecule has 4 rings (SSSR count). The molecule has 22 heavy (non-hydrogen) atoms. The molecule has 0 bridgehead atoms. The zero-order chi connectivity index (χ0) is 15.5. The van der Waals surface area contributed by atoms with Gasteiger partial charge in [-0.3, -0.25) is 0 Å². The summed E-state index contributed by atoms with van der Waals surface area (Å²) < 4.78 is 0. The number of allylic oxidation sites excluding steroid dienone is 4. The molecule has 0 aromatic rings. The van der Waals surface area contributed by atoms with Gasteiger partial charge in [-0.1, -0.05) is 51.0 Å². The maximum absolute atomic E-state index is 2.70. The fourth-order valence-corrected chi connectivity index (χ4v) is 7.05. The maximum atomic E-state index is 2.70. The highest BCUT2D eigenvalue weighted by Gasteiger charge is 2.56. The van der Waals surface area contributed by atoms with Gasteiger partial charge in [-0.05, 0) is 85.9 Å². The summed E-state index contributed by atoms with van der Waals surface area (Å²) in [5.41, 5.74) is 4.72. The lowest BCUT2D eigenvalue weighted by atomic mass is 9.47. The van der Waals surface area contributed by atoms with Crippen LogP contribution in [0.15, 0.2) is 23.3 Å². The molecule has 4 aliphatic rings. The molecule has 2 saturated carbocycles. The van der Waals surface area contributed by atoms with Crippen molar-refractivity contribution in [3.63, 3.8) is 0 Å². The summed E-state index contributed by atoms with van der Waals surface area (Å²) in [6.07, 6.45) is 16.6. The van der Waals surface area contributed by atoms with E-state index in [1.54, 1.807) is 5.57 Å². The zero-order valence-corrected chi connectivity index (χ0v) is 15.1. The minimum absolute atomic E-state index is 0.541. The van der Waals surface area contributed by atoms with Crippen LogP contribution < -0.4 is 0 Å². The van der Waals surface area contributed by atoms with Gasteiger partial charge in [0.25, 0.3) is 0 Å². The van der Waals surface area contributed by atoms with Crippen molar-refractivity contribution in [1.29, 1.82) is 0 Å².